The van der Waals surface area contributed by atoms with E-state index in [-0.39, 0.29) is 18.1 Å². The molecular formula is C17H22N4O4. The summed E-state index contributed by atoms with van der Waals surface area (Å²) in [6, 6.07) is 7.50. The van der Waals surface area contributed by atoms with E-state index < -0.39 is 4.92 Å². The Labute approximate surface area is 146 Å². The van der Waals surface area contributed by atoms with Crippen molar-refractivity contribution in [2.75, 3.05) is 13.7 Å². The van der Waals surface area contributed by atoms with Gasteiger partial charge in [0.15, 0.2) is 0 Å². The van der Waals surface area contributed by atoms with Crippen molar-refractivity contribution in [1.29, 1.82) is 0 Å². The van der Waals surface area contributed by atoms with Crippen molar-refractivity contribution < 1.29 is 14.5 Å². The summed E-state index contributed by atoms with van der Waals surface area (Å²) in [4.78, 5) is 24.9. The molecule has 1 amide bonds. The van der Waals surface area contributed by atoms with Crippen molar-refractivity contribution in [2.45, 2.75) is 33.9 Å². The van der Waals surface area contributed by atoms with Crippen LogP contribution in [0.15, 0.2) is 24.3 Å². The number of likely N-dealkylation sites (N-methyl/N-ethyl adjacent to an activating group) is 1. The van der Waals surface area contributed by atoms with E-state index in [2.05, 4.69) is 5.10 Å². The zero-order chi connectivity index (χ0) is 18.6. The molecule has 134 valence electrons. The number of aromatic nitrogens is 2. The number of amides is 1. The molecule has 1 aromatic carbocycles. The molecule has 2 aromatic rings. The third-order valence-corrected chi connectivity index (χ3v) is 4.08. The van der Waals surface area contributed by atoms with Gasteiger partial charge in [0, 0.05) is 13.1 Å². The maximum Gasteiger partial charge on any atom is 0.312 e. The van der Waals surface area contributed by atoms with E-state index in [1.54, 1.807) is 25.9 Å². The van der Waals surface area contributed by atoms with Crippen LogP contribution in [0.25, 0.3) is 0 Å². The maximum absolute atomic E-state index is 12.6. The second-order valence-electron chi connectivity index (χ2n) is 5.69. The van der Waals surface area contributed by atoms with Crippen molar-refractivity contribution in [3.8, 4) is 5.75 Å². The lowest BCUT2D eigenvalue weighted by Gasteiger charge is -2.21. The van der Waals surface area contributed by atoms with Gasteiger partial charge in [-0.15, -0.1) is 0 Å². The van der Waals surface area contributed by atoms with Crippen molar-refractivity contribution in [3.63, 3.8) is 0 Å². The first-order chi connectivity index (χ1) is 11.9. The highest BCUT2D eigenvalue weighted by molar-refractivity contribution is 5.76. The Bertz CT molecular complexity index is 768. The Hall–Kier alpha value is -2.90. The van der Waals surface area contributed by atoms with Gasteiger partial charge in [-0.25, -0.2) is 0 Å². The summed E-state index contributed by atoms with van der Waals surface area (Å²) in [7, 11) is 1.60. The Morgan fingerprint density at radius 3 is 2.44 bits per heavy atom. The van der Waals surface area contributed by atoms with Gasteiger partial charge < -0.3 is 9.64 Å². The Balaban J connectivity index is 2.12. The number of benzene rings is 1. The summed E-state index contributed by atoms with van der Waals surface area (Å²) >= 11 is 0. The number of carbonyl (C=O) groups excluding carboxylic acids is 1. The summed E-state index contributed by atoms with van der Waals surface area (Å²) in [5.41, 5.74) is 1.64. The molecule has 0 N–H and O–H groups in total. The molecule has 0 saturated heterocycles. The van der Waals surface area contributed by atoms with E-state index in [4.69, 9.17) is 4.74 Å². The second-order valence-corrected chi connectivity index (χ2v) is 5.69. The second kappa shape index (κ2) is 7.78. The SMILES string of the molecule is CCN(Cc1ccc(OC)cc1)C(=O)Cn1nc(C)c([N+](=O)[O-])c1C. The number of hydrogen-bond donors (Lipinski definition) is 0. The maximum atomic E-state index is 12.6. The van der Waals surface area contributed by atoms with E-state index in [9.17, 15) is 14.9 Å². The highest BCUT2D eigenvalue weighted by Crippen LogP contribution is 2.22. The molecule has 0 aliphatic rings. The van der Waals surface area contributed by atoms with Gasteiger partial charge in [-0.1, -0.05) is 12.1 Å². The summed E-state index contributed by atoms with van der Waals surface area (Å²) in [5, 5.41) is 15.2. The van der Waals surface area contributed by atoms with Crippen LogP contribution in [0.2, 0.25) is 0 Å². The fourth-order valence-electron chi connectivity index (χ4n) is 2.66. The van der Waals surface area contributed by atoms with Gasteiger partial charge in [-0.3, -0.25) is 19.6 Å². The lowest BCUT2D eigenvalue weighted by Crippen LogP contribution is -2.33. The van der Waals surface area contributed by atoms with Crippen molar-refractivity contribution >= 4 is 11.6 Å². The third kappa shape index (κ3) is 4.14. The van der Waals surface area contributed by atoms with Crippen LogP contribution >= 0.6 is 0 Å². The van der Waals surface area contributed by atoms with Gasteiger partial charge in [0.05, 0.1) is 12.0 Å². The van der Waals surface area contributed by atoms with Crippen LogP contribution in [-0.2, 0) is 17.9 Å². The van der Waals surface area contributed by atoms with Gasteiger partial charge in [-0.2, -0.15) is 5.10 Å². The number of carbonyl (C=O) groups is 1. The molecule has 1 aromatic heterocycles. The first-order valence-electron chi connectivity index (χ1n) is 7.96. The number of hydrogen-bond acceptors (Lipinski definition) is 5. The third-order valence-electron chi connectivity index (χ3n) is 4.08. The van der Waals surface area contributed by atoms with Gasteiger partial charge >= 0.3 is 5.69 Å². The van der Waals surface area contributed by atoms with Gasteiger partial charge in [0.25, 0.3) is 0 Å². The molecule has 2 rings (SSSR count). The molecule has 0 bridgehead atoms. The van der Waals surface area contributed by atoms with E-state index in [0.29, 0.717) is 24.5 Å². The van der Waals surface area contributed by atoms with Gasteiger partial charge in [0.2, 0.25) is 5.91 Å². The van der Waals surface area contributed by atoms with E-state index in [1.807, 2.05) is 31.2 Å². The van der Waals surface area contributed by atoms with Crippen LogP contribution in [0, 0.1) is 24.0 Å². The first-order valence-corrected chi connectivity index (χ1v) is 7.96. The minimum absolute atomic E-state index is 0.0233. The topological polar surface area (TPSA) is 90.5 Å². The van der Waals surface area contributed by atoms with Crippen LogP contribution in [-0.4, -0.2) is 39.2 Å². The van der Waals surface area contributed by atoms with Crippen LogP contribution in [0.3, 0.4) is 0 Å². The van der Waals surface area contributed by atoms with Crippen molar-refractivity contribution in [1.82, 2.24) is 14.7 Å². The summed E-state index contributed by atoms with van der Waals surface area (Å²) in [6.07, 6.45) is 0. The van der Waals surface area contributed by atoms with Crippen LogP contribution in [0.5, 0.6) is 5.75 Å². The number of ether oxygens (including phenoxy) is 1. The van der Waals surface area contributed by atoms with Gasteiger partial charge in [0.1, 0.15) is 23.7 Å². The molecule has 8 heteroatoms. The molecule has 8 nitrogen and oxygen atoms in total. The van der Waals surface area contributed by atoms with Crippen LogP contribution in [0.1, 0.15) is 23.9 Å². The largest absolute Gasteiger partial charge is 0.497 e. The molecule has 0 atom stereocenters. The Morgan fingerprint density at radius 2 is 1.96 bits per heavy atom. The lowest BCUT2D eigenvalue weighted by atomic mass is 10.2. The monoisotopic (exact) mass is 346 g/mol. The minimum atomic E-state index is -0.465. The molecule has 0 spiro atoms. The first kappa shape index (κ1) is 18.4. The molecule has 0 aliphatic carbocycles. The molecule has 25 heavy (non-hydrogen) atoms. The average molecular weight is 346 g/mol. The molecule has 0 aliphatic heterocycles. The summed E-state index contributed by atoms with van der Waals surface area (Å²) in [6.45, 7) is 6.04. The molecular weight excluding hydrogens is 324 g/mol. The number of aryl methyl sites for hydroxylation is 1. The molecule has 0 saturated carbocycles. The van der Waals surface area contributed by atoms with Crippen molar-refractivity contribution in [3.05, 3.63) is 51.3 Å². The number of nitro groups is 1. The minimum Gasteiger partial charge on any atom is -0.497 e. The smallest absolute Gasteiger partial charge is 0.312 e. The normalized spacial score (nSPS) is 10.6. The van der Waals surface area contributed by atoms with Crippen LogP contribution in [0.4, 0.5) is 5.69 Å². The fourth-order valence-corrected chi connectivity index (χ4v) is 2.66. The molecule has 1 heterocycles. The predicted molar refractivity (Wildman–Crippen MR) is 92.4 cm³/mol. The zero-order valence-corrected chi connectivity index (χ0v) is 14.9. The standard InChI is InChI=1S/C17H22N4O4/c1-5-19(10-14-6-8-15(25-4)9-7-14)16(22)11-20-13(3)17(21(23)24)12(2)18-20/h6-9H,5,10-11H2,1-4H3. The summed E-state index contributed by atoms with van der Waals surface area (Å²) < 4.78 is 6.52. The summed E-state index contributed by atoms with van der Waals surface area (Å²) in [5.74, 6) is 0.617. The van der Waals surface area contributed by atoms with E-state index in [0.717, 1.165) is 11.3 Å². The number of nitrogens with zero attached hydrogens (tertiary/aromatic N) is 4. The fraction of sp³-hybridized carbons (Fsp3) is 0.412. The molecule has 0 unspecified atom stereocenters. The van der Waals surface area contributed by atoms with E-state index in [1.165, 1.54) is 4.68 Å². The van der Waals surface area contributed by atoms with Gasteiger partial charge in [-0.05, 0) is 38.5 Å². The molecule has 0 fully saturated rings. The van der Waals surface area contributed by atoms with Crippen molar-refractivity contribution in [2.24, 2.45) is 0 Å². The highest BCUT2D eigenvalue weighted by Gasteiger charge is 2.24. The Morgan fingerprint density at radius 1 is 1.32 bits per heavy atom. The lowest BCUT2D eigenvalue weighted by molar-refractivity contribution is -0.386. The Kier molecular flexibility index (Phi) is 5.74. The number of methoxy groups -OCH3 is 1. The highest BCUT2D eigenvalue weighted by atomic mass is 16.6. The van der Waals surface area contributed by atoms with Crippen LogP contribution < -0.4 is 4.74 Å². The zero-order valence-electron chi connectivity index (χ0n) is 14.9. The number of rotatable bonds is 7. The van der Waals surface area contributed by atoms with E-state index >= 15 is 0 Å². The predicted octanol–water partition coefficient (Wildman–Crippen LogP) is 2.47. The quantitative estimate of drug-likeness (QED) is 0.567. The average Bonchev–Trinajstić information content (AvgIpc) is 2.86. The molecule has 0 radical (unpaired) electrons.